The Balaban J connectivity index is 2.28. The number of anilines is 1. The van der Waals surface area contributed by atoms with Crippen LogP contribution in [0.2, 0.25) is 0 Å². The maximum Gasteiger partial charge on any atom is 0.251 e. The van der Waals surface area contributed by atoms with Crippen LogP contribution in [-0.2, 0) is 6.42 Å². The lowest BCUT2D eigenvalue weighted by molar-refractivity contribution is 0.100. The second-order valence-corrected chi connectivity index (χ2v) is 4.08. The molecule has 4 N–H and O–H groups in total. The molecule has 2 aromatic rings. The number of benzene rings is 1. The Kier molecular flexibility index (Phi) is 3.66. The van der Waals surface area contributed by atoms with Gasteiger partial charge in [-0.1, -0.05) is 19.1 Å². The lowest BCUT2D eigenvalue weighted by atomic mass is 10.2. The summed E-state index contributed by atoms with van der Waals surface area (Å²) < 4.78 is 5.59. The molecule has 5 nitrogen and oxygen atoms in total. The number of nitrogens with two attached hydrogens (primary N) is 2. The largest absolute Gasteiger partial charge is 0.439 e. The lowest BCUT2D eigenvalue weighted by Gasteiger charge is -2.08. The summed E-state index contributed by atoms with van der Waals surface area (Å²) in [5.41, 5.74) is 12.4. The first-order chi connectivity index (χ1) is 9.10. The van der Waals surface area contributed by atoms with E-state index < -0.39 is 5.91 Å². The fourth-order valence-electron chi connectivity index (χ4n) is 1.67. The normalized spacial score (nSPS) is 10.2. The Bertz CT molecular complexity index is 611. The van der Waals surface area contributed by atoms with E-state index in [0.717, 1.165) is 12.0 Å². The number of aromatic nitrogens is 1. The predicted octanol–water partition coefficient (Wildman–Crippen LogP) is 2.12. The van der Waals surface area contributed by atoms with Crippen LogP contribution in [0.25, 0.3) is 0 Å². The fraction of sp³-hybridized carbons (Fsp3) is 0.143. The number of rotatable bonds is 4. The summed E-state index contributed by atoms with van der Waals surface area (Å²) >= 11 is 0. The van der Waals surface area contributed by atoms with Gasteiger partial charge in [0.2, 0.25) is 5.88 Å². The van der Waals surface area contributed by atoms with Crippen molar-refractivity contribution in [2.75, 3.05) is 5.73 Å². The zero-order valence-electron chi connectivity index (χ0n) is 10.6. The van der Waals surface area contributed by atoms with Gasteiger partial charge in [-0.15, -0.1) is 0 Å². The van der Waals surface area contributed by atoms with Gasteiger partial charge in [0.05, 0.1) is 17.4 Å². The number of amides is 1. The Labute approximate surface area is 111 Å². The standard InChI is InChI=1S/C14H15N3O2/c1-2-9-4-3-5-10(6-9)19-13-7-11(14(16)18)12(15)8-17-13/h3-8H,2,15H2,1H3,(H2,16,18). The van der Waals surface area contributed by atoms with Crippen molar-refractivity contribution in [3.05, 3.63) is 47.7 Å². The zero-order chi connectivity index (χ0) is 13.8. The molecular weight excluding hydrogens is 242 g/mol. The molecule has 0 fully saturated rings. The van der Waals surface area contributed by atoms with Gasteiger partial charge in [0.1, 0.15) is 5.75 Å². The minimum atomic E-state index is -0.605. The van der Waals surface area contributed by atoms with E-state index in [1.807, 2.05) is 24.3 Å². The number of nitrogens with zero attached hydrogens (tertiary/aromatic N) is 1. The number of ether oxygens (including phenoxy) is 1. The molecule has 1 aromatic carbocycles. The number of nitrogen functional groups attached to an aromatic ring is 1. The van der Waals surface area contributed by atoms with Crippen LogP contribution in [0.4, 0.5) is 5.69 Å². The van der Waals surface area contributed by atoms with Gasteiger partial charge >= 0.3 is 0 Å². The summed E-state index contributed by atoms with van der Waals surface area (Å²) in [7, 11) is 0. The molecule has 0 aliphatic rings. The summed E-state index contributed by atoms with van der Waals surface area (Å²) in [6, 6.07) is 9.10. The third-order valence-corrected chi connectivity index (χ3v) is 2.70. The van der Waals surface area contributed by atoms with Crippen LogP contribution < -0.4 is 16.2 Å². The number of carbonyl (C=O) groups is 1. The van der Waals surface area contributed by atoms with Crippen molar-refractivity contribution in [1.82, 2.24) is 4.98 Å². The molecule has 19 heavy (non-hydrogen) atoms. The van der Waals surface area contributed by atoms with Gasteiger partial charge in [-0.05, 0) is 24.1 Å². The summed E-state index contributed by atoms with van der Waals surface area (Å²) in [6.45, 7) is 2.06. The highest BCUT2D eigenvalue weighted by Crippen LogP contribution is 2.23. The third kappa shape index (κ3) is 3.01. The van der Waals surface area contributed by atoms with E-state index in [4.69, 9.17) is 16.2 Å². The molecule has 5 heteroatoms. The molecule has 0 saturated carbocycles. The molecule has 0 atom stereocenters. The highest BCUT2D eigenvalue weighted by Gasteiger charge is 2.09. The van der Waals surface area contributed by atoms with Gasteiger partial charge in [0, 0.05) is 6.07 Å². The van der Waals surface area contributed by atoms with Crippen LogP contribution in [-0.4, -0.2) is 10.9 Å². The van der Waals surface area contributed by atoms with Gasteiger partial charge in [-0.3, -0.25) is 4.79 Å². The van der Waals surface area contributed by atoms with Gasteiger partial charge in [-0.25, -0.2) is 4.98 Å². The van der Waals surface area contributed by atoms with E-state index in [1.54, 1.807) is 0 Å². The Morgan fingerprint density at radius 2 is 2.16 bits per heavy atom. The molecule has 0 spiro atoms. The molecule has 1 heterocycles. The van der Waals surface area contributed by atoms with Gasteiger partial charge in [0.25, 0.3) is 5.91 Å². The van der Waals surface area contributed by atoms with E-state index in [1.165, 1.54) is 12.3 Å². The van der Waals surface area contributed by atoms with Crippen LogP contribution in [0.15, 0.2) is 36.5 Å². The topological polar surface area (TPSA) is 91.2 Å². The van der Waals surface area contributed by atoms with Crippen molar-refractivity contribution >= 4 is 11.6 Å². The minimum absolute atomic E-state index is 0.205. The molecule has 0 aliphatic carbocycles. The summed E-state index contributed by atoms with van der Waals surface area (Å²) in [5.74, 6) is 0.343. The van der Waals surface area contributed by atoms with Crippen LogP contribution in [0.1, 0.15) is 22.8 Å². The molecule has 2 rings (SSSR count). The first kappa shape index (κ1) is 12.9. The van der Waals surface area contributed by atoms with Gasteiger partial charge in [0.15, 0.2) is 0 Å². The average molecular weight is 257 g/mol. The summed E-state index contributed by atoms with van der Waals surface area (Å²) in [4.78, 5) is 15.2. The lowest BCUT2D eigenvalue weighted by Crippen LogP contribution is -2.13. The van der Waals surface area contributed by atoms with Crippen molar-refractivity contribution in [3.63, 3.8) is 0 Å². The molecule has 1 aromatic heterocycles. The van der Waals surface area contributed by atoms with Crippen molar-refractivity contribution in [3.8, 4) is 11.6 Å². The van der Waals surface area contributed by atoms with Crippen molar-refractivity contribution in [2.45, 2.75) is 13.3 Å². The maximum absolute atomic E-state index is 11.2. The smallest absolute Gasteiger partial charge is 0.251 e. The molecule has 0 radical (unpaired) electrons. The average Bonchev–Trinajstić information content (AvgIpc) is 2.41. The molecule has 0 unspecified atom stereocenters. The number of pyridine rings is 1. The van der Waals surface area contributed by atoms with E-state index in [2.05, 4.69) is 11.9 Å². The highest BCUT2D eigenvalue weighted by atomic mass is 16.5. The van der Waals surface area contributed by atoms with Crippen LogP contribution in [0.3, 0.4) is 0 Å². The molecule has 98 valence electrons. The van der Waals surface area contributed by atoms with Crippen molar-refractivity contribution < 1.29 is 9.53 Å². The highest BCUT2D eigenvalue weighted by molar-refractivity contribution is 5.98. The molecule has 0 saturated heterocycles. The number of aryl methyl sites for hydroxylation is 1. The quantitative estimate of drug-likeness (QED) is 0.877. The number of carbonyl (C=O) groups excluding carboxylic acids is 1. The number of hydrogen-bond acceptors (Lipinski definition) is 4. The van der Waals surface area contributed by atoms with Crippen molar-refractivity contribution in [2.24, 2.45) is 5.73 Å². The fourth-order valence-corrected chi connectivity index (χ4v) is 1.67. The van der Waals surface area contributed by atoms with E-state index in [0.29, 0.717) is 5.75 Å². The molecule has 0 aliphatic heterocycles. The Morgan fingerprint density at radius 3 is 2.84 bits per heavy atom. The third-order valence-electron chi connectivity index (χ3n) is 2.70. The predicted molar refractivity (Wildman–Crippen MR) is 73.1 cm³/mol. The second kappa shape index (κ2) is 5.39. The van der Waals surface area contributed by atoms with E-state index in [-0.39, 0.29) is 17.1 Å². The van der Waals surface area contributed by atoms with Crippen LogP contribution >= 0.6 is 0 Å². The van der Waals surface area contributed by atoms with Crippen LogP contribution in [0, 0.1) is 0 Å². The molecule has 0 bridgehead atoms. The Morgan fingerprint density at radius 1 is 1.37 bits per heavy atom. The zero-order valence-corrected chi connectivity index (χ0v) is 10.6. The van der Waals surface area contributed by atoms with E-state index >= 15 is 0 Å². The second-order valence-electron chi connectivity index (χ2n) is 4.08. The van der Waals surface area contributed by atoms with Crippen molar-refractivity contribution in [1.29, 1.82) is 0 Å². The summed E-state index contributed by atoms with van der Waals surface area (Å²) in [6.07, 6.45) is 2.28. The molecular formula is C14H15N3O2. The summed E-state index contributed by atoms with van der Waals surface area (Å²) in [5, 5.41) is 0. The number of hydrogen-bond donors (Lipinski definition) is 2. The van der Waals surface area contributed by atoms with E-state index in [9.17, 15) is 4.79 Å². The van der Waals surface area contributed by atoms with Gasteiger partial charge < -0.3 is 16.2 Å². The maximum atomic E-state index is 11.2. The van der Waals surface area contributed by atoms with Gasteiger partial charge in [-0.2, -0.15) is 0 Å². The SMILES string of the molecule is CCc1cccc(Oc2cc(C(N)=O)c(N)cn2)c1. The van der Waals surface area contributed by atoms with Crippen LogP contribution in [0.5, 0.6) is 11.6 Å². The molecule has 1 amide bonds. The minimum Gasteiger partial charge on any atom is -0.439 e. The number of primary amides is 1. The Hall–Kier alpha value is -2.56. The first-order valence-electron chi connectivity index (χ1n) is 5.92. The first-order valence-corrected chi connectivity index (χ1v) is 5.92. The monoisotopic (exact) mass is 257 g/mol.